The summed E-state index contributed by atoms with van der Waals surface area (Å²) in [7, 11) is 4.16. The molecule has 0 aromatic heterocycles. The Balaban J connectivity index is 3.12. The van der Waals surface area contributed by atoms with Gasteiger partial charge in [-0.05, 0) is 33.5 Å². The van der Waals surface area contributed by atoms with Gasteiger partial charge in [-0.25, -0.2) is 0 Å². The van der Waals surface area contributed by atoms with Crippen LogP contribution in [0.1, 0.15) is 26.2 Å². The number of nitrogens with zero attached hydrogens (tertiary/aromatic N) is 1. The van der Waals surface area contributed by atoms with Crippen molar-refractivity contribution < 1.29 is 0 Å². The van der Waals surface area contributed by atoms with Crippen molar-refractivity contribution in [1.29, 1.82) is 0 Å². The fourth-order valence-corrected chi connectivity index (χ4v) is 0.939. The lowest BCUT2D eigenvalue weighted by Gasteiger charge is -2.13. The van der Waals surface area contributed by atoms with Crippen molar-refractivity contribution in [2.75, 3.05) is 20.6 Å². The highest BCUT2D eigenvalue weighted by atomic mass is 15.0. The van der Waals surface area contributed by atoms with Crippen molar-refractivity contribution in [1.82, 2.24) is 4.90 Å². The van der Waals surface area contributed by atoms with Gasteiger partial charge < -0.3 is 10.6 Å². The van der Waals surface area contributed by atoms with Gasteiger partial charge in [-0.3, -0.25) is 0 Å². The van der Waals surface area contributed by atoms with Crippen molar-refractivity contribution in [2.24, 2.45) is 5.73 Å². The molecule has 2 nitrogen and oxygen atoms in total. The van der Waals surface area contributed by atoms with Crippen molar-refractivity contribution in [3.8, 4) is 0 Å². The monoisotopic (exact) mass is 144 g/mol. The van der Waals surface area contributed by atoms with Crippen LogP contribution in [0, 0.1) is 0 Å². The van der Waals surface area contributed by atoms with Crippen LogP contribution in [0.5, 0.6) is 0 Å². The minimum Gasteiger partial charge on any atom is -0.328 e. The summed E-state index contributed by atoms with van der Waals surface area (Å²) in [5.74, 6) is 0. The molecule has 2 N–H and O–H groups in total. The lowest BCUT2D eigenvalue weighted by molar-refractivity contribution is 0.374. The van der Waals surface area contributed by atoms with Crippen LogP contribution in [-0.2, 0) is 0 Å². The summed E-state index contributed by atoms with van der Waals surface area (Å²) in [4.78, 5) is 2.18. The highest BCUT2D eigenvalue weighted by molar-refractivity contribution is 4.61. The van der Waals surface area contributed by atoms with E-state index in [2.05, 4.69) is 25.9 Å². The molecule has 0 spiro atoms. The van der Waals surface area contributed by atoms with Crippen LogP contribution < -0.4 is 5.73 Å². The molecular formula is C8H20N2. The minimum absolute atomic E-state index is 0.410. The summed E-state index contributed by atoms with van der Waals surface area (Å²) in [5.41, 5.74) is 5.81. The summed E-state index contributed by atoms with van der Waals surface area (Å²) in [5, 5.41) is 0. The van der Waals surface area contributed by atoms with E-state index >= 15 is 0 Å². The first-order chi connectivity index (χ1) is 4.66. The normalized spacial score (nSPS) is 14.1. The molecule has 2 heteroatoms. The molecule has 0 aliphatic carbocycles. The standard InChI is InChI=1S/C8H20N2/c1-4-5-8(9)6-7-10(2)3/h8H,4-7,9H2,1-3H3. The van der Waals surface area contributed by atoms with Gasteiger partial charge in [0.2, 0.25) is 0 Å². The van der Waals surface area contributed by atoms with E-state index in [4.69, 9.17) is 5.73 Å². The molecule has 0 aromatic rings. The van der Waals surface area contributed by atoms with Crippen LogP contribution in [0.2, 0.25) is 0 Å². The van der Waals surface area contributed by atoms with Gasteiger partial charge in [0.05, 0.1) is 0 Å². The van der Waals surface area contributed by atoms with Gasteiger partial charge in [-0.2, -0.15) is 0 Å². The van der Waals surface area contributed by atoms with E-state index < -0.39 is 0 Å². The van der Waals surface area contributed by atoms with Crippen molar-refractivity contribution in [3.05, 3.63) is 0 Å². The second-order valence-electron chi connectivity index (χ2n) is 3.14. The van der Waals surface area contributed by atoms with Crippen LogP contribution in [0.3, 0.4) is 0 Å². The van der Waals surface area contributed by atoms with Gasteiger partial charge >= 0.3 is 0 Å². The molecule has 1 unspecified atom stereocenters. The van der Waals surface area contributed by atoms with Crippen LogP contribution >= 0.6 is 0 Å². The quantitative estimate of drug-likeness (QED) is 0.625. The third kappa shape index (κ3) is 6.05. The van der Waals surface area contributed by atoms with Crippen molar-refractivity contribution in [3.63, 3.8) is 0 Å². The molecule has 0 amide bonds. The maximum atomic E-state index is 5.81. The van der Waals surface area contributed by atoms with Gasteiger partial charge in [-0.15, -0.1) is 0 Å². The Labute approximate surface area is 64.4 Å². The van der Waals surface area contributed by atoms with Crippen LogP contribution in [0.25, 0.3) is 0 Å². The molecule has 0 saturated heterocycles. The lowest BCUT2D eigenvalue weighted by Crippen LogP contribution is -2.25. The second-order valence-corrected chi connectivity index (χ2v) is 3.14. The summed E-state index contributed by atoms with van der Waals surface area (Å²) >= 11 is 0. The smallest absolute Gasteiger partial charge is 0.00508 e. The summed E-state index contributed by atoms with van der Waals surface area (Å²) in [6.07, 6.45) is 3.49. The fourth-order valence-electron chi connectivity index (χ4n) is 0.939. The SMILES string of the molecule is CCCC(N)CCN(C)C. The third-order valence-corrected chi connectivity index (χ3v) is 1.61. The molecule has 0 aliphatic rings. The average molecular weight is 144 g/mol. The van der Waals surface area contributed by atoms with Crippen LogP contribution in [-0.4, -0.2) is 31.6 Å². The zero-order valence-corrected chi connectivity index (χ0v) is 7.43. The Hall–Kier alpha value is -0.0800. The zero-order valence-electron chi connectivity index (χ0n) is 7.43. The first-order valence-electron chi connectivity index (χ1n) is 4.07. The first kappa shape index (κ1) is 9.92. The lowest BCUT2D eigenvalue weighted by atomic mass is 10.1. The molecule has 10 heavy (non-hydrogen) atoms. The van der Waals surface area contributed by atoms with E-state index in [0.29, 0.717) is 6.04 Å². The third-order valence-electron chi connectivity index (χ3n) is 1.61. The molecule has 62 valence electrons. The molecule has 0 saturated carbocycles. The Bertz CT molecular complexity index is 71.7. The number of rotatable bonds is 5. The van der Waals surface area contributed by atoms with E-state index in [0.717, 1.165) is 19.4 Å². The average Bonchev–Trinajstić information content (AvgIpc) is 1.85. The topological polar surface area (TPSA) is 29.3 Å². The highest BCUT2D eigenvalue weighted by Gasteiger charge is 2.00. The second kappa shape index (κ2) is 5.69. The van der Waals surface area contributed by atoms with Crippen molar-refractivity contribution >= 4 is 0 Å². The van der Waals surface area contributed by atoms with Crippen LogP contribution in [0.15, 0.2) is 0 Å². The Morgan fingerprint density at radius 1 is 1.30 bits per heavy atom. The fraction of sp³-hybridized carbons (Fsp3) is 1.00. The van der Waals surface area contributed by atoms with E-state index in [1.54, 1.807) is 0 Å². The first-order valence-corrected chi connectivity index (χ1v) is 4.07. The Kier molecular flexibility index (Phi) is 5.64. The summed E-state index contributed by atoms with van der Waals surface area (Å²) < 4.78 is 0. The van der Waals surface area contributed by atoms with Gasteiger partial charge in [0, 0.05) is 6.04 Å². The number of hydrogen-bond acceptors (Lipinski definition) is 2. The molecule has 0 rings (SSSR count). The van der Waals surface area contributed by atoms with Gasteiger partial charge in [-0.1, -0.05) is 13.3 Å². The zero-order chi connectivity index (χ0) is 7.98. The molecule has 0 aliphatic heterocycles. The maximum absolute atomic E-state index is 5.81. The number of hydrogen-bond donors (Lipinski definition) is 1. The summed E-state index contributed by atoms with van der Waals surface area (Å²) in [6.45, 7) is 3.29. The largest absolute Gasteiger partial charge is 0.328 e. The van der Waals surface area contributed by atoms with Gasteiger partial charge in [0.25, 0.3) is 0 Å². The molecule has 0 bridgehead atoms. The van der Waals surface area contributed by atoms with Crippen LogP contribution in [0.4, 0.5) is 0 Å². The summed E-state index contributed by atoms with van der Waals surface area (Å²) in [6, 6.07) is 0.410. The molecule has 0 aromatic carbocycles. The van der Waals surface area contributed by atoms with E-state index in [1.807, 2.05) is 0 Å². The highest BCUT2D eigenvalue weighted by Crippen LogP contribution is 1.98. The maximum Gasteiger partial charge on any atom is 0.00508 e. The molecular weight excluding hydrogens is 124 g/mol. The predicted octanol–water partition coefficient (Wildman–Crippen LogP) is 1.07. The Morgan fingerprint density at radius 2 is 1.90 bits per heavy atom. The molecule has 0 heterocycles. The van der Waals surface area contributed by atoms with E-state index in [1.165, 1.54) is 6.42 Å². The van der Waals surface area contributed by atoms with Gasteiger partial charge in [0.15, 0.2) is 0 Å². The molecule has 0 radical (unpaired) electrons. The van der Waals surface area contributed by atoms with E-state index in [9.17, 15) is 0 Å². The van der Waals surface area contributed by atoms with E-state index in [-0.39, 0.29) is 0 Å². The Morgan fingerprint density at radius 3 is 2.30 bits per heavy atom. The minimum atomic E-state index is 0.410. The number of nitrogens with two attached hydrogens (primary N) is 1. The van der Waals surface area contributed by atoms with Crippen molar-refractivity contribution in [2.45, 2.75) is 32.2 Å². The molecule has 0 fully saturated rings. The predicted molar refractivity (Wildman–Crippen MR) is 46.1 cm³/mol. The molecule has 1 atom stereocenters. The van der Waals surface area contributed by atoms with Gasteiger partial charge in [0.1, 0.15) is 0 Å².